The van der Waals surface area contributed by atoms with Crippen LogP contribution in [0.3, 0.4) is 0 Å². The maximum absolute atomic E-state index is 11.6. The van der Waals surface area contributed by atoms with Gasteiger partial charge in [-0.15, -0.1) is 0 Å². The van der Waals surface area contributed by atoms with Crippen LogP contribution < -0.4 is 0 Å². The van der Waals surface area contributed by atoms with Gasteiger partial charge in [0.25, 0.3) is 0 Å². The molecule has 0 fully saturated rings. The fraction of sp³-hybridized carbons (Fsp3) is 0.417. The molecule has 0 bridgehead atoms. The number of nitro groups is 1. The molecule has 1 aromatic rings. The van der Waals surface area contributed by atoms with Crippen LogP contribution in [0.1, 0.15) is 41.3 Å². The van der Waals surface area contributed by atoms with Gasteiger partial charge >= 0.3 is 11.9 Å². The number of hydrogen-bond acceptors (Lipinski definition) is 5. The van der Waals surface area contributed by atoms with E-state index in [1.165, 1.54) is 13.2 Å². The summed E-state index contributed by atoms with van der Waals surface area (Å²) in [5.74, 6) is -1.20. The van der Waals surface area contributed by atoms with Gasteiger partial charge < -0.3 is 9.15 Å². The molecule has 1 aliphatic carbocycles. The fourth-order valence-corrected chi connectivity index (χ4v) is 2.08. The minimum Gasteiger partial charge on any atom is -0.463 e. The van der Waals surface area contributed by atoms with Crippen molar-refractivity contribution in [1.29, 1.82) is 0 Å². The summed E-state index contributed by atoms with van der Waals surface area (Å²) in [4.78, 5) is 21.6. The van der Waals surface area contributed by atoms with E-state index < -0.39 is 16.8 Å². The number of carbonyl (C=O) groups excluding carboxylic acids is 1. The van der Waals surface area contributed by atoms with E-state index >= 15 is 0 Å². The molecule has 96 valence electrons. The van der Waals surface area contributed by atoms with Crippen molar-refractivity contribution < 1.29 is 18.9 Å². The zero-order valence-corrected chi connectivity index (χ0v) is 9.92. The summed E-state index contributed by atoms with van der Waals surface area (Å²) < 4.78 is 9.56. The highest BCUT2D eigenvalue weighted by Crippen LogP contribution is 2.34. The normalized spacial score (nSPS) is 18.6. The summed E-state index contributed by atoms with van der Waals surface area (Å²) >= 11 is 0. The van der Waals surface area contributed by atoms with Crippen molar-refractivity contribution >= 4 is 11.9 Å². The topological polar surface area (TPSA) is 82.6 Å². The fourth-order valence-electron chi connectivity index (χ4n) is 2.08. The van der Waals surface area contributed by atoms with Crippen molar-refractivity contribution in [3.8, 4) is 0 Å². The maximum atomic E-state index is 11.6. The van der Waals surface area contributed by atoms with Crippen LogP contribution in [0.25, 0.3) is 0 Å². The molecule has 1 atom stereocenters. The number of carbonyl (C=O) groups is 1. The lowest BCUT2D eigenvalue weighted by Gasteiger charge is -2.14. The Kier molecular flexibility index (Phi) is 3.45. The monoisotopic (exact) mass is 251 g/mol. The van der Waals surface area contributed by atoms with Gasteiger partial charge in [0.2, 0.25) is 5.76 Å². The van der Waals surface area contributed by atoms with Gasteiger partial charge in [0.15, 0.2) is 0 Å². The maximum Gasteiger partial charge on any atom is 0.434 e. The first-order valence-electron chi connectivity index (χ1n) is 5.66. The van der Waals surface area contributed by atoms with E-state index in [4.69, 9.17) is 4.42 Å². The molecule has 6 nitrogen and oxygen atoms in total. The Labute approximate surface area is 103 Å². The minimum absolute atomic E-state index is 0.0229. The summed E-state index contributed by atoms with van der Waals surface area (Å²) in [6.45, 7) is 0. The van der Waals surface area contributed by atoms with Crippen LogP contribution in [0.2, 0.25) is 0 Å². The molecule has 0 spiro atoms. The van der Waals surface area contributed by atoms with Gasteiger partial charge in [-0.3, -0.25) is 10.1 Å². The Bertz CT molecular complexity index is 503. The average Bonchev–Trinajstić information content (AvgIpc) is 2.84. The molecule has 1 unspecified atom stereocenters. The van der Waals surface area contributed by atoms with E-state index in [9.17, 15) is 14.9 Å². The lowest BCUT2D eigenvalue weighted by Crippen LogP contribution is -2.07. The van der Waals surface area contributed by atoms with Crippen molar-refractivity contribution in [2.24, 2.45) is 0 Å². The number of ether oxygens (including phenoxy) is 1. The highest BCUT2D eigenvalue weighted by molar-refractivity contribution is 5.88. The first-order valence-corrected chi connectivity index (χ1v) is 5.66. The average molecular weight is 251 g/mol. The molecule has 0 saturated carbocycles. The van der Waals surface area contributed by atoms with E-state index in [1.54, 1.807) is 0 Å². The molecule has 6 heteroatoms. The second kappa shape index (κ2) is 5.03. The van der Waals surface area contributed by atoms with Crippen LogP contribution in [-0.4, -0.2) is 18.0 Å². The van der Waals surface area contributed by atoms with Gasteiger partial charge in [-0.1, -0.05) is 12.2 Å². The number of methoxy groups -OCH3 is 1. The Balaban J connectivity index is 2.43. The number of rotatable bonds is 3. The predicted octanol–water partition coefficient (Wildman–Crippen LogP) is 2.80. The van der Waals surface area contributed by atoms with Gasteiger partial charge in [-0.2, -0.15) is 0 Å². The highest BCUT2D eigenvalue weighted by Gasteiger charge is 2.28. The predicted molar refractivity (Wildman–Crippen MR) is 62.4 cm³/mol. The van der Waals surface area contributed by atoms with Crippen LogP contribution in [0.15, 0.2) is 22.6 Å². The Morgan fingerprint density at radius 2 is 2.39 bits per heavy atom. The van der Waals surface area contributed by atoms with E-state index in [-0.39, 0.29) is 11.7 Å². The second-order valence-corrected chi connectivity index (χ2v) is 4.08. The SMILES string of the molecule is COC(=O)c1oc([N+](=O)[O-])cc1C1C=CCCC1. The smallest absolute Gasteiger partial charge is 0.434 e. The standard InChI is InChI=1S/C12H13NO5/c1-17-12(14)11-9(7-10(18-11)13(15)16)8-5-3-2-4-6-8/h3,5,7-8H,2,4,6H2,1H3. The first-order chi connectivity index (χ1) is 8.63. The molecule has 0 saturated heterocycles. The van der Waals surface area contributed by atoms with Crippen molar-refractivity contribution in [3.05, 3.63) is 39.7 Å². The van der Waals surface area contributed by atoms with E-state index in [0.29, 0.717) is 5.56 Å². The summed E-state index contributed by atoms with van der Waals surface area (Å²) in [6, 6.07) is 1.31. The zero-order chi connectivity index (χ0) is 13.1. The summed E-state index contributed by atoms with van der Waals surface area (Å²) in [6.07, 6.45) is 6.78. The molecular formula is C12H13NO5. The molecule has 1 aliphatic rings. The summed E-state index contributed by atoms with van der Waals surface area (Å²) in [7, 11) is 1.22. The number of hydrogen-bond donors (Lipinski definition) is 0. The van der Waals surface area contributed by atoms with Crippen molar-refractivity contribution in [3.63, 3.8) is 0 Å². The van der Waals surface area contributed by atoms with Crippen LogP contribution >= 0.6 is 0 Å². The third-order valence-corrected chi connectivity index (χ3v) is 2.95. The van der Waals surface area contributed by atoms with Gasteiger partial charge in [0.1, 0.15) is 4.92 Å². The van der Waals surface area contributed by atoms with E-state index in [2.05, 4.69) is 4.74 Å². The number of furan rings is 1. The first kappa shape index (κ1) is 12.3. The molecule has 0 aromatic carbocycles. The molecule has 0 radical (unpaired) electrons. The summed E-state index contributed by atoms with van der Waals surface area (Å²) in [5.41, 5.74) is 0.532. The van der Waals surface area contributed by atoms with Crippen LogP contribution in [-0.2, 0) is 4.74 Å². The molecule has 1 heterocycles. The highest BCUT2D eigenvalue weighted by atomic mass is 16.7. The van der Waals surface area contributed by atoms with Gasteiger partial charge in [-0.25, -0.2) is 4.79 Å². The van der Waals surface area contributed by atoms with E-state index in [0.717, 1.165) is 19.3 Å². The number of allylic oxidation sites excluding steroid dienone is 2. The quantitative estimate of drug-likeness (QED) is 0.357. The second-order valence-electron chi connectivity index (χ2n) is 4.08. The molecule has 18 heavy (non-hydrogen) atoms. The minimum atomic E-state index is -0.683. The largest absolute Gasteiger partial charge is 0.463 e. The zero-order valence-electron chi connectivity index (χ0n) is 9.92. The van der Waals surface area contributed by atoms with Crippen molar-refractivity contribution in [2.45, 2.75) is 25.2 Å². The molecular weight excluding hydrogens is 238 g/mol. The van der Waals surface area contributed by atoms with Gasteiger partial charge in [0, 0.05) is 11.5 Å². The number of esters is 1. The van der Waals surface area contributed by atoms with E-state index in [1.807, 2.05) is 12.2 Å². The molecule has 2 rings (SSSR count). The molecule has 0 amide bonds. The lowest BCUT2D eigenvalue weighted by atomic mass is 9.89. The van der Waals surface area contributed by atoms with Crippen molar-refractivity contribution in [2.75, 3.05) is 7.11 Å². The Hall–Kier alpha value is -2.11. The molecule has 1 aromatic heterocycles. The van der Waals surface area contributed by atoms with Crippen LogP contribution in [0, 0.1) is 10.1 Å². The Morgan fingerprint density at radius 3 is 2.94 bits per heavy atom. The van der Waals surface area contributed by atoms with Crippen molar-refractivity contribution in [1.82, 2.24) is 0 Å². The third kappa shape index (κ3) is 2.27. The number of nitrogens with zero attached hydrogens (tertiary/aromatic N) is 1. The third-order valence-electron chi connectivity index (χ3n) is 2.95. The Morgan fingerprint density at radius 1 is 1.61 bits per heavy atom. The van der Waals surface area contributed by atoms with Gasteiger partial charge in [0.05, 0.1) is 13.2 Å². The molecule has 0 aliphatic heterocycles. The van der Waals surface area contributed by atoms with Crippen LogP contribution in [0.4, 0.5) is 5.88 Å². The van der Waals surface area contributed by atoms with Gasteiger partial charge in [-0.05, 0) is 19.3 Å². The summed E-state index contributed by atoms with van der Waals surface area (Å²) in [5, 5.41) is 10.7. The van der Waals surface area contributed by atoms with Crippen LogP contribution in [0.5, 0.6) is 0 Å². The molecule has 0 N–H and O–H groups in total. The lowest BCUT2D eigenvalue weighted by molar-refractivity contribution is -0.402.